The molecule has 0 rings (SSSR count). The first-order chi connectivity index (χ1) is 5.88. The van der Waals surface area contributed by atoms with Crippen LogP contribution in [0.1, 0.15) is 34.6 Å². The summed E-state index contributed by atoms with van der Waals surface area (Å²) >= 11 is 0. The molecule has 0 spiro atoms. The Morgan fingerprint density at radius 2 is 1.46 bits per heavy atom. The lowest BCUT2D eigenvalue weighted by atomic mass is 10.2. The van der Waals surface area contributed by atoms with Crippen molar-refractivity contribution in [2.24, 2.45) is 0 Å². The van der Waals surface area contributed by atoms with Crippen LogP contribution in [0.15, 0.2) is 0 Å². The van der Waals surface area contributed by atoms with Gasteiger partial charge >= 0.3 is 5.97 Å². The Labute approximate surface area is 82.4 Å². The van der Waals surface area contributed by atoms with Gasteiger partial charge in [0.25, 0.3) is 0 Å². The molecule has 0 fully saturated rings. The number of carboxylic acid groups (broad SMARTS) is 1. The number of carboxylic acids is 1. The molecule has 0 amide bonds. The Bertz CT molecular complexity index is 175. The summed E-state index contributed by atoms with van der Waals surface area (Å²) in [5.74, 6) is -0.621. The highest BCUT2D eigenvalue weighted by molar-refractivity contribution is 6.85. The summed E-state index contributed by atoms with van der Waals surface area (Å²) in [6.07, 6.45) is 0. The van der Waals surface area contributed by atoms with Crippen molar-refractivity contribution in [3.63, 3.8) is 0 Å². The minimum absolute atomic E-state index is 0.481. The molecule has 13 heavy (non-hydrogen) atoms. The standard InChI is InChI=1S/C10H22O2Si/c1-6-13(7-2,8-3)10(4,5)9(11)12/h6-8H2,1-5H3,(H,11,12). The predicted molar refractivity (Wildman–Crippen MR) is 58.9 cm³/mol. The normalized spacial score (nSPS) is 13.0. The Balaban J connectivity index is 5.02. The van der Waals surface area contributed by atoms with Crippen LogP contribution in [0.2, 0.25) is 23.2 Å². The van der Waals surface area contributed by atoms with E-state index in [9.17, 15) is 9.90 Å². The summed E-state index contributed by atoms with van der Waals surface area (Å²) in [5.41, 5.74) is 0. The second-order valence-corrected chi connectivity index (χ2v) is 10.2. The van der Waals surface area contributed by atoms with E-state index in [0.717, 1.165) is 18.1 Å². The van der Waals surface area contributed by atoms with Crippen molar-refractivity contribution in [2.45, 2.75) is 57.8 Å². The number of hydrogen-bond donors (Lipinski definition) is 1. The van der Waals surface area contributed by atoms with Crippen LogP contribution in [0.4, 0.5) is 0 Å². The molecule has 0 unspecified atom stereocenters. The Kier molecular flexibility index (Phi) is 4.16. The smallest absolute Gasteiger partial charge is 0.306 e. The first-order valence-corrected chi connectivity index (χ1v) is 7.73. The summed E-state index contributed by atoms with van der Waals surface area (Å²) in [5, 5.41) is 8.72. The van der Waals surface area contributed by atoms with Crippen molar-refractivity contribution >= 4 is 14.0 Å². The molecule has 0 aliphatic rings. The van der Waals surface area contributed by atoms with Crippen molar-refractivity contribution in [3.8, 4) is 0 Å². The molecule has 0 atom stereocenters. The fourth-order valence-corrected chi connectivity index (χ4v) is 6.91. The number of carbonyl (C=O) groups is 1. The van der Waals surface area contributed by atoms with Gasteiger partial charge in [-0.2, -0.15) is 0 Å². The van der Waals surface area contributed by atoms with Crippen LogP contribution in [-0.2, 0) is 4.79 Å². The second kappa shape index (κ2) is 4.27. The Morgan fingerprint density at radius 1 is 1.15 bits per heavy atom. The Hall–Kier alpha value is -0.313. The molecule has 0 aliphatic carbocycles. The number of rotatable bonds is 5. The molecule has 78 valence electrons. The summed E-state index contributed by atoms with van der Waals surface area (Å²) in [6.45, 7) is 10.2. The molecule has 0 saturated carbocycles. The van der Waals surface area contributed by atoms with Gasteiger partial charge in [0.2, 0.25) is 0 Å². The topological polar surface area (TPSA) is 37.3 Å². The zero-order chi connectivity index (χ0) is 10.7. The number of aliphatic carboxylic acids is 1. The third-order valence-corrected chi connectivity index (χ3v) is 10.8. The quantitative estimate of drug-likeness (QED) is 0.694. The van der Waals surface area contributed by atoms with Crippen LogP contribution in [-0.4, -0.2) is 19.1 Å². The first kappa shape index (κ1) is 12.7. The molecule has 0 bridgehead atoms. The maximum absolute atomic E-state index is 11.2. The molecule has 0 radical (unpaired) electrons. The highest BCUT2D eigenvalue weighted by atomic mass is 28.3. The molecule has 0 aromatic carbocycles. The summed E-state index contributed by atoms with van der Waals surface area (Å²) in [6, 6.07) is 3.21. The summed E-state index contributed by atoms with van der Waals surface area (Å²) in [7, 11) is -1.61. The molecular formula is C10H22O2Si. The van der Waals surface area contributed by atoms with Crippen molar-refractivity contribution in [1.29, 1.82) is 0 Å². The molecule has 0 aromatic rings. The lowest BCUT2D eigenvalue weighted by Crippen LogP contribution is -2.47. The van der Waals surface area contributed by atoms with E-state index in [-0.39, 0.29) is 0 Å². The fourth-order valence-electron chi connectivity index (χ4n) is 2.30. The second-order valence-electron chi connectivity index (χ2n) is 4.27. The molecule has 0 aliphatic heterocycles. The van der Waals surface area contributed by atoms with E-state index in [1.165, 1.54) is 0 Å². The van der Waals surface area contributed by atoms with Gasteiger partial charge in [-0.05, 0) is 0 Å². The lowest BCUT2D eigenvalue weighted by Gasteiger charge is -2.40. The monoisotopic (exact) mass is 202 g/mol. The molecule has 0 heterocycles. The van der Waals surface area contributed by atoms with Crippen LogP contribution in [0.5, 0.6) is 0 Å². The maximum atomic E-state index is 11.2. The van der Waals surface area contributed by atoms with Crippen molar-refractivity contribution in [3.05, 3.63) is 0 Å². The van der Waals surface area contributed by atoms with E-state index in [2.05, 4.69) is 20.8 Å². The molecule has 3 heteroatoms. The van der Waals surface area contributed by atoms with E-state index in [0.29, 0.717) is 0 Å². The minimum atomic E-state index is -1.61. The zero-order valence-electron chi connectivity index (χ0n) is 9.48. The van der Waals surface area contributed by atoms with Crippen LogP contribution in [0.3, 0.4) is 0 Å². The van der Waals surface area contributed by atoms with E-state index in [1.54, 1.807) is 0 Å². The van der Waals surface area contributed by atoms with Crippen LogP contribution in [0.25, 0.3) is 0 Å². The summed E-state index contributed by atoms with van der Waals surface area (Å²) in [4.78, 5) is 11.2. The molecular weight excluding hydrogens is 180 g/mol. The van der Waals surface area contributed by atoms with Gasteiger partial charge in [0, 0.05) is 0 Å². The molecule has 0 aromatic heterocycles. The van der Waals surface area contributed by atoms with Gasteiger partial charge in [0.1, 0.15) is 0 Å². The van der Waals surface area contributed by atoms with Gasteiger partial charge < -0.3 is 5.11 Å². The third-order valence-electron chi connectivity index (χ3n) is 3.89. The van der Waals surface area contributed by atoms with Gasteiger partial charge in [-0.1, -0.05) is 52.8 Å². The van der Waals surface area contributed by atoms with Crippen LogP contribution in [0, 0.1) is 0 Å². The highest BCUT2D eigenvalue weighted by Crippen LogP contribution is 2.44. The van der Waals surface area contributed by atoms with E-state index < -0.39 is 19.1 Å². The lowest BCUT2D eigenvalue weighted by molar-refractivity contribution is -0.140. The van der Waals surface area contributed by atoms with Crippen molar-refractivity contribution in [1.82, 2.24) is 0 Å². The fraction of sp³-hybridized carbons (Fsp3) is 0.900. The van der Waals surface area contributed by atoms with Gasteiger partial charge in [-0.25, -0.2) is 0 Å². The number of hydrogen-bond acceptors (Lipinski definition) is 1. The van der Waals surface area contributed by atoms with E-state index >= 15 is 0 Å². The molecule has 0 saturated heterocycles. The Morgan fingerprint density at radius 3 is 1.54 bits per heavy atom. The minimum Gasteiger partial charge on any atom is -0.481 e. The largest absolute Gasteiger partial charge is 0.481 e. The average molecular weight is 202 g/mol. The van der Waals surface area contributed by atoms with Gasteiger partial charge in [-0.15, -0.1) is 0 Å². The zero-order valence-corrected chi connectivity index (χ0v) is 10.5. The van der Waals surface area contributed by atoms with Gasteiger partial charge in [0.05, 0.1) is 13.1 Å². The van der Waals surface area contributed by atoms with Crippen molar-refractivity contribution < 1.29 is 9.90 Å². The van der Waals surface area contributed by atoms with Crippen molar-refractivity contribution in [2.75, 3.05) is 0 Å². The van der Waals surface area contributed by atoms with E-state index in [1.807, 2.05) is 13.8 Å². The van der Waals surface area contributed by atoms with Gasteiger partial charge in [0.15, 0.2) is 0 Å². The molecule has 2 nitrogen and oxygen atoms in total. The SMILES string of the molecule is CC[Si](CC)(CC)C(C)(C)C(=O)O. The van der Waals surface area contributed by atoms with Gasteiger partial charge in [-0.3, -0.25) is 4.79 Å². The first-order valence-electron chi connectivity index (χ1n) is 5.11. The summed E-state index contributed by atoms with van der Waals surface area (Å²) < 4.78 is 0. The predicted octanol–water partition coefficient (Wildman–Crippen LogP) is 3.36. The van der Waals surface area contributed by atoms with Crippen LogP contribution >= 0.6 is 0 Å². The highest BCUT2D eigenvalue weighted by Gasteiger charge is 2.47. The molecule has 1 N–H and O–H groups in total. The van der Waals surface area contributed by atoms with Crippen LogP contribution < -0.4 is 0 Å². The van der Waals surface area contributed by atoms with E-state index in [4.69, 9.17) is 0 Å². The average Bonchev–Trinajstić information content (AvgIpc) is 2.08. The third kappa shape index (κ3) is 1.95. The maximum Gasteiger partial charge on any atom is 0.306 e.